The second-order valence-corrected chi connectivity index (χ2v) is 5.58. The standard InChI is InChI=1S/C15H21N7O2/c1-10-7-12(17-9-16-10)18-11-5-4-6-22(8-11)13-19-14(23-2)21-15(20-13)24-3/h7,9,11H,4-6,8H2,1-3H3,(H,16,17,18). The van der Waals surface area contributed by atoms with Crippen LogP contribution in [0.2, 0.25) is 0 Å². The number of piperidine rings is 1. The number of hydrogen-bond acceptors (Lipinski definition) is 9. The van der Waals surface area contributed by atoms with Gasteiger partial charge in [0.15, 0.2) is 0 Å². The van der Waals surface area contributed by atoms with E-state index in [-0.39, 0.29) is 18.1 Å². The summed E-state index contributed by atoms with van der Waals surface area (Å²) < 4.78 is 10.2. The molecular formula is C15H21N7O2. The van der Waals surface area contributed by atoms with Crippen molar-refractivity contribution >= 4 is 11.8 Å². The zero-order chi connectivity index (χ0) is 16.9. The Balaban J connectivity index is 1.73. The van der Waals surface area contributed by atoms with E-state index < -0.39 is 0 Å². The van der Waals surface area contributed by atoms with Gasteiger partial charge in [0.05, 0.1) is 14.2 Å². The molecule has 0 spiro atoms. The summed E-state index contributed by atoms with van der Waals surface area (Å²) in [5, 5.41) is 3.45. The van der Waals surface area contributed by atoms with Gasteiger partial charge < -0.3 is 19.7 Å². The Labute approximate surface area is 140 Å². The van der Waals surface area contributed by atoms with Crippen molar-refractivity contribution in [2.24, 2.45) is 0 Å². The molecule has 1 atom stereocenters. The summed E-state index contributed by atoms with van der Waals surface area (Å²) >= 11 is 0. The Hall–Kier alpha value is -2.71. The van der Waals surface area contributed by atoms with E-state index in [9.17, 15) is 0 Å². The Morgan fingerprint density at radius 3 is 2.54 bits per heavy atom. The highest BCUT2D eigenvalue weighted by Gasteiger charge is 2.23. The van der Waals surface area contributed by atoms with Crippen molar-refractivity contribution < 1.29 is 9.47 Å². The maximum atomic E-state index is 5.12. The molecule has 0 aliphatic carbocycles. The zero-order valence-electron chi connectivity index (χ0n) is 14.1. The number of rotatable bonds is 5. The van der Waals surface area contributed by atoms with Crippen LogP contribution in [0, 0.1) is 6.92 Å². The molecule has 1 N–H and O–H groups in total. The van der Waals surface area contributed by atoms with Gasteiger partial charge in [0, 0.05) is 30.9 Å². The molecule has 24 heavy (non-hydrogen) atoms. The molecule has 1 fully saturated rings. The highest BCUT2D eigenvalue weighted by atomic mass is 16.5. The lowest BCUT2D eigenvalue weighted by atomic mass is 10.1. The van der Waals surface area contributed by atoms with Crippen molar-refractivity contribution in [2.45, 2.75) is 25.8 Å². The molecule has 2 aromatic heterocycles. The third kappa shape index (κ3) is 3.79. The van der Waals surface area contributed by atoms with Gasteiger partial charge in [-0.3, -0.25) is 0 Å². The fourth-order valence-electron chi connectivity index (χ4n) is 2.67. The Morgan fingerprint density at radius 2 is 1.88 bits per heavy atom. The summed E-state index contributed by atoms with van der Waals surface area (Å²) in [6, 6.07) is 2.69. The van der Waals surface area contributed by atoms with E-state index >= 15 is 0 Å². The van der Waals surface area contributed by atoms with E-state index in [0.29, 0.717) is 5.95 Å². The molecule has 0 radical (unpaired) electrons. The van der Waals surface area contributed by atoms with Gasteiger partial charge in [0.25, 0.3) is 0 Å². The molecule has 128 valence electrons. The normalized spacial score (nSPS) is 17.5. The first-order valence-electron chi connectivity index (χ1n) is 7.82. The van der Waals surface area contributed by atoms with Crippen molar-refractivity contribution in [3.8, 4) is 12.0 Å². The fraction of sp³-hybridized carbons (Fsp3) is 0.533. The van der Waals surface area contributed by atoms with Gasteiger partial charge in [0.1, 0.15) is 12.1 Å². The Kier molecular flexibility index (Phi) is 4.88. The number of hydrogen-bond donors (Lipinski definition) is 1. The van der Waals surface area contributed by atoms with Crippen LogP contribution in [-0.4, -0.2) is 58.3 Å². The van der Waals surface area contributed by atoms with E-state index in [4.69, 9.17) is 9.47 Å². The lowest BCUT2D eigenvalue weighted by Crippen LogP contribution is -2.43. The molecule has 1 saturated heterocycles. The van der Waals surface area contributed by atoms with E-state index in [2.05, 4.69) is 35.1 Å². The van der Waals surface area contributed by atoms with E-state index in [1.807, 2.05) is 13.0 Å². The number of aromatic nitrogens is 5. The van der Waals surface area contributed by atoms with Crippen LogP contribution in [0.5, 0.6) is 12.0 Å². The molecule has 2 aromatic rings. The van der Waals surface area contributed by atoms with Crippen molar-refractivity contribution in [2.75, 3.05) is 37.5 Å². The van der Waals surface area contributed by atoms with E-state index in [0.717, 1.165) is 37.4 Å². The highest BCUT2D eigenvalue weighted by Crippen LogP contribution is 2.21. The van der Waals surface area contributed by atoms with E-state index in [1.54, 1.807) is 6.33 Å². The lowest BCUT2D eigenvalue weighted by molar-refractivity contribution is 0.339. The van der Waals surface area contributed by atoms with E-state index in [1.165, 1.54) is 14.2 Å². The molecule has 1 aliphatic heterocycles. The minimum atomic E-state index is 0.248. The van der Waals surface area contributed by atoms with Gasteiger partial charge >= 0.3 is 12.0 Å². The summed E-state index contributed by atoms with van der Waals surface area (Å²) in [6.07, 6.45) is 3.65. The lowest BCUT2D eigenvalue weighted by Gasteiger charge is -2.33. The van der Waals surface area contributed by atoms with Crippen LogP contribution in [0.4, 0.5) is 11.8 Å². The van der Waals surface area contributed by atoms with Crippen molar-refractivity contribution in [1.29, 1.82) is 0 Å². The van der Waals surface area contributed by atoms with Gasteiger partial charge in [-0.25, -0.2) is 9.97 Å². The van der Waals surface area contributed by atoms with Crippen LogP contribution in [0.25, 0.3) is 0 Å². The van der Waals surface area contributed by atoms with Crippen molar-refractivity contribution in [1.82, 2.24) is 24.9 Å². The van der Waals surface area contributed by atoms with Crippen LogP contribution < -0.4 is 19.7 Å². The second kappa shape index (κ2) is 7.24. The first-order valence-corrected chi connectivity index (χ1v) is 7.82. The van der Waals surface area contributed by atoms with Crippen LogP contribution in [-0.2, 0) is 0 Å². The molecule has 3 rings (SSSR count). The number of aryl methyl sites for hydroxylation is 1. The van der Waals surface area contributed by atoms with Crippen LogP contribution in [0.15, 0.2) is 12.4 Å². The smallest absolute Gasteiger partial charge is 0.324 e. The molecule has 1 unspecified atom stereocenters. The van der Waals surface area contributed by atoms with Gasteiger partial charge in [-0.15, -0.1) is 4.98 Å². The van der Waals surface area contributed by atoms with Gasteiger partial charge in [-0.05, 0) is 19.8 Å². The summed E-state index contributed by atoms with van der Waals surface area (Å²) in [5.74, 6) is 1.39. The molecule has 1 aliphatic rings. The molecule has 0 bridgehead atoms. The third-order valence-corrected chi connectivity index (χ3v) is 3.81. The summed E-state index contributed by atoms with van der Waals surface area (Å²) in [6.45, 7) is 3.58. The molecule has 3 heterocycles. The third-order valence-electron chi connectivity index (χ3n) is 3.81. The van der Waals surface area contributed by atoms with Gasteiger partial charge in [-0.2, -0.15) is 9.97 Å². The van der Waals surface area contributed by atoms with Crippen LogP contribution in [0.1, 0.15) is 18.5 Å². The average molecular weight is 331 g/mol. The molecule has 0 aromatic carbocycles. The summed E-state index contributed by atoms with van der Waals surface area (Å²) in [4.78, 5) is 23.2. The number of nitrogens with zero attached hydrogens (tertiary/aromatic N) is 6. The number of nitrogens with one attached hydrogen (secondary N) is 1. The SMILES string of the molecule is COc1nc(OC)nc(N2CCCC(Nc3cc(C)ncn3)C2)n1. The quantitative estimate of drug-likeness (QED) is 0.862. The topological polar surface area (TPSA) is 98.2 Å². The maximum absolute atomic E-state index is 5.12. The first-order chi connectivity index (χ1) is 11.7. The molecule has 9 heteroatoms. The van der Waals surface area contributed by atoms with Crippen molar-refractivity contribution in [3.63, 3.8) is 0 Å². The molecule has 0 amide bonds. The maximum Gasteiger partial charge on any atom is 0.324 e. The monoisotopic (exact) mass is 331 g/mol. The highest BCUT2D eigenvalue weighted by molar-refractivity contribution is 5.39. The van der Waals surface area contributed by atoms with Gasteiger partial charge in [-0.1, -0.05) is 0 Å². The summed E-state index contributed by atoms with van der Waals surface area (Å²) in [5.41, 5.74) is 0.937. The second-order valence-electron chi connectivity index (χ2n) is 5.58. The van der Waals surface area contributed by atoms with Crippen LogP contribution in [0.3, 0.4) is 0 Å². The number of methoxy groups -OCH3 is 2. The van der Waals surface area contributed by atoms with Gasteiger partial charge in [0.2, 0.25) is 5.95 Å². The predicted octanol–water partition coefficient (Wildman–Crippen LogP) is 1.07. The fourth-order valence-corrected chi connectivity index (χ4v) is 2.67. The molecule has 0 saturated carbocycles. The average Bonchev–Trinajstić information content (AvgIpc) is 2.61. The first kappa shape index (κ1) is 16.2. The van der Waals surface area contributed by atoms with Crippen LogP contribution >= 0.6 is 0 Å². The number of anilines is 2. The largest absolute Gasteiger partial charge is 0.467 e. The predicted molar refractivity (Wildman–Crippen MR) is 88.6 cm³/mol. The van der Waals surface area contributed by atoms with Crippen molar-refractivity contribution in [3.05, 3.63) is 18.1 Å². The molecular weight excluding hydrogens is 310 g/mol. The Bertz CT molecular complexity index is 675. The minimum Gasteiger partial charge on any atom is -0.467 e. The zero-order valence-corrected chi connectivity index (χ0v) is 14.1. The minimum absolute atomic E-state index is 0.248. The Morgan fingerprint density at radius 1 is 1.12 bits per heavy atom. The molecule has 9 nitrogen and oxygen atoms in total. The number of ether oxygens (including phenoxy) is 2. The summed E-state index contributed by atoms with van der Waals surface area (Å²) in [7, 11) is 3.05.